The minimum Gasteiger partial charge on any atom is -0.676 e. The van der Waals surface area contributed by atoms with Crippen molar-refractivity contribution < 1.29 is 51.6 Å². The SMILES string of the molecule is [Fe+3].[NH-]CCNC(=O)CN(CC(=O)O)[C@@H]1CCCC[C@H]1N(CC(=O)O)CC(=O)O. The van der Waals surface area contributed by atoms with Gasteiger partial charge in [0.1, 0.15) is 0 Å². The van der Waals surface area contributed by atoms with Gasteiger partial charge >= 0.3 is 35.0 Å². The molecule has 11 nitrogen and oxygen atoms in total. The van der Waals surface area contributed by atoms with Crippen LogP contribution in [0, 0.1) is 0 Å². The molecule has 0 bridgehead atoms. The molecule has 0 aromatic heterocycles. The average molecular weight is 443 g/mol. The molecule has 5 N–H and O–H groups in total. The summed E-state index contributed by atoms with van der Waals surface area (Å²) in [4.78, 5) is 48.4. The number of nitrogens with one attached hydrogen (secondary N) is 2. The maximum atomic E-state index is 12.0. The van der Waals surface area contributed by atoms with Gasteiger partial charge in [-0.25, -0.2) is 0 Å². The molecule has 1 saturated carbocycles. The number of carbonyl (C=O) groups excluding carboxylic acids is 1. The molecule has 1 radical (unpaired) electrons. The molecule has 1 fully saturated rings. The topological polar surface area (TPSA) is 171 Å². The number of carbonyl (C=O) groups is 4. The van der Waals surface area contributed by atoms with Crippen LogP contribution in [-0.4, -0.2) is 100 Å². The van der Waals surface area contributed by atoms with Crippen molar-refractivity contribution in [2.24, 2.45) is 0 Å². The van der Waals surface area contributed by atoms with Gasteiger partial charge in [-0.2, -0.15) is 0 Å². The molecule has 12 heteroatoms. The number of rotatable bonds is 12. The van der Waals surface area contributed by atoms with Gasteiger partial charge < -0.3 is 26.4 Å². The zero-order valence-corrected chi connectivity index (χ0v) is 16.6. The molecule has 1 amide bonds. The standard InChI is InChI=1S/C16H27N4O7.Fe/c17-5-6-18-13(21)7-19(8-14(22)23)11-3-1-2-4-12(11)20(9-15(24)25)10-16(26)27;/h11-12,17H,1-10H2,(H,18,21)(H,22,23)(H,24,25)(H,26,27);/q-1;+3/t11-,12-;/m1./s1. The van der Waals surface area contributed by atoms with Crippen LogP contribution in [0.4, 0.5) is 0 Å². The Hall–Kier alpha value is -1.72. The Morgan fingerprint density at radius 2 is 1.21 bits per heavy atom. The van der Waals surface area contributed by atoms with E-state index in [9.17, 15) is 24.3 Å². The van der Waals surface area contributed by atoms with Gasteiger partial charge in [0, 0.05) is 12.1 Å². The first kappa shape index (κ1) is 26.3. The van der Waals surface area contributed by atoms with Crippen molar-refractivity contribution in [2.45, 2.75) is 37.8 Å². The van der Waals surface area contributed by atoms with Gasteiger partial charge in [0.2, 0.25) is 5.91 Å². The predicted molar refractivity (Wildman–Crippen MR) is 94.3 cm³/mol. The second-order valence-electron chi connectivity index (χ2n) is 6.51. The molecule has 1 aliphatic carbocycles. The second-order valence-corrected chi connectivity index (χ2v) is 6.51. The van der Waals surface area contributed by atoms with Crippen molar-refractivity contribution in [3.8, 4) is 0 Å². The van der Waals surface area contributed by atoms with Crippen molar-refractivity contribution in [2.75, 3.05) is 39.3 Å². The summed E-state index contributed by atoms with van der Waals surface area (Å²) in [6.45, 7) is -1.41. The molecule has 28 heavy (non-hydrogen) atoms. The van der Waals surface area contributed by atoms with Gasteiger partial charge in [0.05, 0.1) is 26.2 Å². The van der Waals surface area contributed by atoms with E-state index in [0.717, 1.165) is 12.8 Å². The number of amides is 1. The molecular formula is C16H27FeN4O7+2. The summed E-state index contributed by atoms with van der Waals surface area (Å²) in [6.07, 6.45) is 2.61. The second kappa shape index (κ2) is 13.5. The Morgan fingerprint density at radius 3 is 1.57 bits per heavy atom. The van der Waals surface area contributed by atoms with E-state index in [4.69, 9.17) is 15.9 Å². The fourth-order valence-corrected chi connectivity index (χ4v) is 3.49. The Balaban J connectivity index is 0.00000729. The maximum absolute atomic E-state index is 12.0. The number of hydrogen-bond donors (Lipinski definition) is 4. The third-order valence-electron chi connectivity index (χ3n) is 4.44. The van der Waals surface area contributed by atoms with Crippen LogP contribution in [0.15, 0.2) is 0 Å². The Morgan fingerprint density at radius 1 is 0.821 bits per heavy atom. The van der Waals surface area contributed by atoms with Crippen molar-refractivity contribution in [1.82, 2.24) is 15.1 Å². The third kappa shape index (κ3) is 9.47. The van der Waals surface area contributed by atoms with Crippen LogP contribution in [0.1, 0.15) is 25.7 Å². The monoisotopic (exact) mass is 443 g/mol. The number of nitrogens with zero attached hydrogens (tertiary/aromatic N) is 2. The predicted octanol–water partition coefficient (Wildman–Crippen LogP) is -0.679. The van der Waals surface area contributed by atoms with Gasteiger partial charge in [-0.1, -0.05) is 12.8 Å². The zero-order valence-electron chi connectivity index (χ0n) is 15.4. The van der Waals surface area contributed by atoms with Crippen LogP contribution < -0.4 is 5.32 Å². The van der Waals surface area contributed by atoms with E-state index in [2.05, 4.69) is 5.32 Å². The molecule has 0 aromatic rings. The van der Waals surface area contributed by atoms with Gasteiger partial charge in [-0.3, -0.25) is 29.0 Å². The Bertz CT molecular complexity index is 533. The van der Waals surface area contributed by atoms with Crippen LogP contribution in [-0.2, 0) is 36.2 Å². The smallest absolute Gasteiger partial charge is 0.676 e. The number of carboxylic acids is 3. The largest absolute Gasteiger partial charge is 3.00 e. The van der Waals surface area contributed by atoms with Crippen molar-refractivity contribution in [3.63, 3.8) is 0 Å². The van der Waals surface area contributed by atoms with Gasteiger partial charge in [0.15, 0.2) is 0 Å². The maximum Gasteiger partial charge on any atom is 3.00 e. The minimum absolute atomic E-state index is 0. The molecule has 0 aliphatic heterocycles. The van der Waals surface area contributed by atoms with E-state index >= 15 is 0 Å². The normalized spacial score (nSPS) is 19.1. The number of hydrogen-bond acceptors (Lipinski definition) is 6. The van der Waals surface area contributed by atoms with Crippen LogP contribution >= 0.6 is 0 Å². The van der Waals surface area contributed by atoms with Crippen LogP contribution in [0.3, 0.4) is 0 Å². The molecule has 159 valence electrons. The molecule has 2 atom stereocenters. The molecule has 0 heterocycles. The van der Waals surface area contributed by atoms with E-state index in [1.54, 1.807) is 0 Å². The quantitative estimate of drug-likeness (QED) is 0.285. The first-order valence-corrected chi connectivity index (χ1v) is 8.79. The first-order valence-electron chi connectivity index (χ1n) is 8.79. The summed E-state index contributed by atoms with van der Waals surface area (Å²) >= 11 is 0. The average Bonchev–Trinajstić information content (AvgIpc) is 2.57. The van der Waals surface area contributed by atoms with E-state index in [0.29, 0.717) is 12.8 Å². The third-order valence-corrected chi connectivity index (χ3v) is 4.44. The van der Waals surface area contributed by atoms with Crippen LogP contribution in [0.2, 0.25) is 0 Å². The van der Waals surface area contributed by atoms with Gasteiger partial charge in [-0.05, 0) is 19.4 Å². The first-order chi connectivity index (χ1) is 12.7. The molecule has 1 rings (SSSR count). The molecule has 0 spiro atoms. The summed E-state index contributed by atoms with van der Waals surface area (Å²) in [5.74, 6) is -3.89. The fourth-order valence-electron chi connectivity index (χ4n) is 3.49. The van der Waals surface area contributed by atoms with Crippen molar-refractivity contribution in [1.29, 1.82) is 0 Å². The molecule has 0 unspecified atom stereocenters. The van der Waals surface area contributed by atoms with E-state index < -0.39 is 55.5 Å². The Kier molecular flexibility index (Phi) is 12.6. The molecule has 0 aromatic carbocycles. The summed E-state index contributed by atoms with van der Waals surface area (Å²) in [5.41, 5.74) is 7.07. The molecule has 1 aliphatic rings. The minimum atomic E-state index is -1.17. The van der Waals surface area contributed by atoms with E-state index in [-0.39, 0.29) is 36.7 Å². The molecular weight excluding hydrogens is 416 g/mol. The fraction of sp³-hybridized carbons (Fsp3) is 0.750. The molecule has 0 saturated heterocycles. The van der Waals surface area contributed by atoms with E-state index in [1.807, 2.05) is 0 Å². The van der Waals surface area contributed by atoms with Crippen LogP contribution in [0.25, 0.3) is 5.73 Å². The number of aliphatic carboxylic acids is 3. The van der Waals surface area contributed by atoms with Crippen LogP contribution in [0.5, 0.6) is 0 Å². The van der Waals surface area contributed by atoms with Crippen molar-refractivity contribution in [3.05, 3.63) is 5.73 Å². The van der Waals surface area contributed by atoms with Gasteiger partial charge in [0.25, 0.3) is 0 Å². The summed E-state index contributed by atoms with van der Waals surface area (Å²) in [5, 5.41) is 30.0. The number of carboxylic acid groups (broad SMARTS) is 3. The summed E-state index contributed by atoms with van der Waals surface area (Å²) in [6, 6.07) is -0.926. The Labute approximate surface area is 173 Å². The van der Waals surface area contributed by atoms with E-state index in [1.165, 1.54) is 9.80 Å². The van der Waals surface area contributed by atoms with Crippen molar-refractivity contribution >= 4 is 23.8 Å². The van der Waals surface area contributed by atoms with Gasteiger partial charge in [-0.15, -0.1) is 6.54 Å². The zero-order chi connectivity index (χ0) is 20.4. The summed E-state index contributed by atoms with van der Waals surface area (Å²) in [7, 11) is 0. The summed E-state index contributed by atoms with van der Waals surface area (Å²) < 4.78 is 0.